The van der Waals surface area contributed by atoms with Gasteiger partial charge in [-0.25, -0.2) is 9.67 Å². The lowest BCUT2D eigenvalue weighted by Gasteiger charge is -2.12. The van der Waals surface area contributed by atoms with Crippen molar-refractivity contribution < 1.29 is 9.28 Å². The van der Waals surface area contributed by atoms with Crippen LogP contribution in [0.2, 0.25) is 5.02 Å². The first-order valence-electron chi connectivity index (χ1n) is 6.31. The molecule has 21 heavy (non-hydrogen) atoms. The minimum absolute atomic E-state index is 0.144. The Hall–Kier alpha value is -2.21. The maximum Gasteiger partial charge on any atom is 0.276 e. The Bertz CT molecular complexity index is 668. The third-order valence-electron chi connectivity index (χ3n) is 2.63. The van der Waals surface area contributed by atoms with Crippen LogP contribution in [0, 0.1) is 0 Å². The van der Waals surface area contributed by atoms with E-state index in [0.29, 0.717) is 10.8 Å². The molecule has 1 heterocycles. The monoisotopic (exact) mass is 308 g/mol. The van der Waals surface area contributed by atoms with Crippen molar-refractivity contribution in [2.75, 3.05) is 0 Å². The third kappa shape index (κ3) is 3.88. The molecule has 0 radical (unpaired) electrons. The zero-order chi connectivity index (χ0) is 15.4. The number of hydrogen-bond donors (Lipinski definition) is 0. The number of benzene rings is 1. The van der Waals surface area contributed by atoms with Gasteiger partial charge in [0.25, 0.3) is 5.91 Å². The molecule has 0 saturated carbocycles. The van der Waals surface area contributed by atoms with Crippen molar-refractivity contribution in [3.8, 4) is 11.4 Å². The van der Waals surface area contributed by atoms with E-state index in [2.05, 4.69) is 10.1 Å². The molecule has 1 amide bonds. The number of nitrogens with zero attached hydrogens (tertiary/aromatic N) is 4. The van der Waals surface area contributed by atoms with Crippen LogP contribution in [-0.4, -0.2) is 31.8 Å². The van der Waals surface area contributed by atoms with Gasteiger partial charge in [0.1, 0.15) is 6.33 Å². The van der Waals surface area contributed by atoms with E-state index in [-0.39, 0.29) is 5.12 Å². The second kappa shape index (κ2) is 6.49. The van der Waals surface area contributed by atoms with E-state index in [9.17, 15) is 9.28 Å². The summed E-state index contributed by atoms with van der Waals surface area (Å²) in [7, 11) is 0. The van der Waals surface area contributed by atoms with Crippen LogP contribution in [0.5, 0.6) is 0 Å². The maximum absolute atomic E-state index is 13.3. The number of carbonyl (C=O) groups excluding carboxylic acids is 1. The second-order valence-electron chi connectivity index (χ2n) is 4.62. The Morgan fingerprint density at radius 2 is 2.24 bits per heavy atom. The van der Waals surface area contributed by atoms with E-state index in [1.165, 1.54) is 17.2 Å². The lowest BCUT2D eigenvalue weighted by Crippen LogP contribution is -2.27. The van der Waals surface area contributed by atoms with Crippen molar-refractivity contribution in [2.24, 2.45) is 0 Å². The number of amides is 1. The minimum atomic E-state index is -0.746. The van der Waals surface area contributed by atoms with Gasteiger partial charge in [-0.15, -0.1) is 5.10 Å². The highest BCUT2D eigenvalue weighted by Crippen LogP contribution is 2.18. The van der Waals surface area contributed by atoms with Gasteiger partial charge in [0, 0.05) is 22.9 Å². The molecule has 0 aliphatic carbocycles. The molecule has 0 aliphatic heterocycles. The van der Waals surface area contributed by atoms with Crippen LogP contribution in [0.15, 0.2) is 36.7 Å². The van der Waals surface area contributed by atoms with Crippen molar-refractivity contribution in [3.05, 3.63) is 41.7 Å². The van der Waals surface area contributed by atoms with Gasteiger partial charge in [-0.3, -0.25) is 4.79 Å². The Balaban J connectivity index is 2.12. The molecule has 110 valence electrons. The summed E-state index contributed by atoms with van der Waals surface area (Å²) in [5.74, 6) is -0.277. The molecule has 0 atom stereocenters. The molecule has 0 bridgehead atoms. The first kappa shape index (κ1) is 15.2. The van der Waals surface area contributed by atoms with Crippen LogP contribution in [-0.2, 0) is 4.79 Å². The quantitative estimate of drug-likeness (QED) is 0.644. The van der Waals surface area contributed by atoms with Gasteiger partial charge in [-0.1, -0.05) is 28.2 Å². The summed E-state index contributed by atoms with van der Waals surface area (Å²) in [5, 5.41) is 4.89. The van der Waals surface area contributed by atoms with Crippen LogP contribution in [0.25, 0.3) is 17.6 Å². The van der Waals surface area contributed by atoms with E-state index in [1.54, 1.807) is 32.0 Å². The van der Waals surface area contributed by atoms with Gasteiger partial charge >= 0.3 is 0 Å². The second-order valence-corrected chi connectivity index (χ2v) is 5.05. The van der Waals surface area contributed by atoms with Crippen molar-refractivity contribution >= 4 is 23.7 Å². The van der Waals surface area contributed by atoms with E-state index < -0.39 is 11.9 Å². The summed E-state index contributed by atoms with van der Waals surface area (Å²) in [5.41, 5.74) is 0.760. The molecule has 2 rings (SSSR count). The van der Waals surface area contributed by atoms with Crippen LogP contribution >= 0.6 is 11.6 Å². The Morgan fingerprint density at radius 1 is 1.48 bits per heavy atom. The number of rotatable bonds is 4. The minimum Gasteiger partial charge on any atom is -0.267 e. The molecular weight excluding hydrogens is 295 g/mol. The van der Waals surface area contributed by atoms with E-state index in [4.69, 9.17) is 11.6 Å². The molecule has 0 spiro atoms. The SMILES string of the molecule is CC(C)N(F)C(=O)/C=C\n1cnc(-c2cccc(Cl)c2)n1. The molecule has 1 aromatic carbocycles. The lowest BCUT2D eigenvalue weighted by molar-refractivity contribution is -0.144. The molecular formula is C14H14ClFN4O. The van der Waals surface area contributed by atoms with Gasteiger partial charge in [0.2, 0.25) is 0 Å². The number of hydrogen-bond acceptors (Lipinski definition) is 3. The van der Waals surface area contributed by atoms with Crippen molar-refractivity contribution in [3.63, 3.8) is 0 Å². The van der Waals surface area contributed by atoms with Gasteiger partial charge < -0.3 is 0 Å². The van der Waals surface area contributed by atoms with Gasteiger partial charge in [-0.2, -0.15) is 5.12 Å². The van der Waals surface area contributed by atoms with Crippen molar-refractivity contribution in [1.82, 2.24) is 19.9 Å². The molecule has 0 unspecified atom stereocenters. The molecule has 2 aromatic rings. The van der Waals surface area contributed by atoms with Gasteiger partial charge in [0.05, 0.1) is 6.04 Å². The first-order chi connectivity index (χ1) is 9.97. The first-order valence-corrected chi connectivity index (χ1v) is 6.69. The number of carbonyl (C=O) groups is 1. The van der Waals surface area contributed by atoms with Crippen LogP contribution in [0.3, 0.4) is 0 Å². The zero-order valence-corrected chi connectivity index (χ0v) is 12.3. The Morgan fingerprint density at radius 3 is 2.90 bits per heavy atom. The van der Waals surface area contributed by atoms with E-state index in [0.717, 1.165) is 11.6 Å². The molecule has 5 nitrogen and oxygen atoms in total. The Kier molecular flexibility index (Phi) is 4.70. The fourth-order valence-electron chi connectivity index (χ4n) is 1.57. The molecule has 1 aromatic heterocycles. The fourth-order valence-corrected chi connectivity index (χ4v) is 1.76. The summed E-state index contributed by atoms with van der Waals surface area (Å²) < 4.78 is 14.6. The standard InChI is InChI=1S/C14H14ClFN4O/c1-10(2)20(16)13(21)6-7-19-9-17-14(18-19)11-4-3-5-12(15)8-11/h3-10H,1-2H3/b7-6-. The zero-order valence-electron chi connectivity index (χ0n) is 11.6. The van der Waals surface area contributed by atoms with Crippen molar-refractivity contribution in [2.45, 2.75) is 19.9 Å². The largest absolute Gasteiger partial charge is 0.276 e. The van der Waals surface area contributed by atoms with Gasteiger partial charge in [-0.05, 0) is 26.0 Å². The van der Waals surface area contributed by atoms with Crippen LogP contribution in [0.1, 0.15) is 13.8 Å². The predicted molar refractivity (Wildman–Crippen MR) is 78.9 cm³/mol. The average Bonchev–Trinajstić information content (AvgIpc) is 2.92. The van der Waals surface area contributed by atoms with E-state index >= 15 is 0 Å². The molecule has 7 heteroatoms. The normalized spacial score (nSPS) is 11.3. The highest BCUT2D eigenvalue weighted by Gasteiger charge is 2.13. The van der Waals surface area contributed by atoms with E-state index in [1.807, 2.05) is 6.07 Å². The molecule has 0 saturated heterocycles. The number of aromatic nitrogens is 3. The summed E-state index contributed by atoms with van der Waals surface area (Å²) in [4.78, 5) is 15.6. The highest BCUT2D eigenvalue weighted by molar-refractivity contribution is 6.30. The molecule has 0 fully saturated rings. The number of halogens is 2. The Labute approximate surface area is 126 Å². The molecule has 0 aliphatic rings. The summed E-state index contributed by atoms with van der Waals surface area (Å²) in [6.45, 7) is 3.16. The summed E-state index contributed by atoms with van der Waals surface area (Å²) in [6.07, 6.45) is 3.87. The smallest absolute Gasteiger partial charge is 0.267 e. The maximum atomic E-state index is 13.3. The topological polar surface area (TPSA) is 51.0 Å². The van der Waals surface area contributed by atoms with Crippen LogP contribution in [0.4, 0.5) is 4.48 Å². The molecule has 0 N–H and O–H groups in total. The van der Waals surface area contributed by atoms with Gasteiger partial charge in [0.15, 0.2) is 5.82 Å². The van der Waals surface area contributed by atoms with Crippen molar-refractivity contribution in [1.29, 1.82) is 0 Å². The van der Waals surface area contributed by atoms with Crippen LogP contribution < -0.4 is 0 Å². The summed E-state index contributed by atoms with van der Waals surface area (Å²) in [6, 6.07) is 6.59. The fraction of sp³-hybridized carbons (Fsp3) is 0.214. The third-order valence-corrected chi connectivity index (χ3v) is 2.86. The predicted octanol–water partition coefficient (Wildman–Crippen LogP) is 3.19. The summed E-state index contributed by atoms with van der Waals surface area (Å²) >= 11 is 5.90. The lowest BCUT2D eigenvalue weighted by atomic mass is 10.2. The average molecular weight is 309 g/mol. The highest BCUT2D eigenvalue weighted by atomic mass is 35.5.